The van der Waals surface area contributed by atoms with E-state index in [0.717, 1.165) is 49.0 Å². The predicted molar refractivity (Wildman–Crippen MR) is 103 cm³/mol. The minimum Gasteiger partial charge on any atom is -0.478 e. The number of hydrogen-bond donors (Lipinski definition) is 1. The Bertz CT molecular complexity index is 733. The Kier molecular flexibility index (Phi) is 5.74. The van der Waals surface area contributed by atoms with Crippen molar-refractivity contribution in [3.05, 3.63) is 70.8 Å². The Morgan fingerprint density at radius 1 is 1.00 bits per heavy atom. The molecule has 1 fully saturated rings. The zero-order valence-corrected chi connectivity index (χ0v) is 14.7. The molecule has 0 radical (unpaired) electrons. The third-order valence-electron chi connectivity index (χ3n) is 4.40. The highest BCUT2D eigenvalue weighted by atomic mass is 35.5. The summed E-state index contributed by atoms with van der Waals surface area (Å²) in [5, 5.41) is 9.72. The second kappa shape index (κ2) is 8.19. The van der Waals surface area contributed by atoms with E-state index in [1.807, 2.05) is 36.4 Å². The van der Waals surface area contributed by atoms with Crippen molar-refractivity contribution in [2.75, 3.05) is 37.6 Å². The molecule has 1 saturated heterocycles. The molecule has 25 heavy (non-hydrogen) atoms. The standard InChI is InChI=1S/C20H21ClN2O2/c21-18-7-3-16(4-8-18)2-1-11-22-12-14-23(15-13-22)19-9-5-17(6-10-19)20(24)25/h1-10H,11-15H2,(H,24,25). The molecule has 0 atom stereocenters. The lowest BCUT2D eigenvalue weighted by molar-refractivity contribution is 0.0697. The van der Waals surface area contributed by atoms with Crippen LogP contribution >= 0.6 is 11.6 Å². The summed E-state index contributed by atoms with van der Waals surface area (Å²) in [5.41, 5.74) is 2.57. The second-order valence-corrected chi connectivity index (χ2v) is 6.53. The van der Waals surface area contributed by atoms with Gasteiger partial charge in [-0.25, -0.2) is 4.79 Å². The van der Waals surface area contributed by atoms with Crippen LogP contribution in [0.25, 0.3) is 6.08 Å². The van der Waals surface area contributed by atoms with Crippen LogP contribution in [-0.2, 0) is 0 Å². The van der Waals surface area contributed by atoms with Crippen LogP contribution < -0.4 is 4.90 Å². The summed E-state index contributed by atoms with van der Waals surface area (Å²) in [4.78, 5) is 15.6. The molecule has 0 aromatic heterocycles. The minimum absolute atomic E-state index is 0.328. The summed E-state index contributed by atoms with van der Waals surface area (Å²) in [5.74, 6) is -0.885. The van der Waals surface area contributed by atoms with Crippen molar-refractivity contribution in [3.63, 3.8) is 0 Å². The van der Waals surface area contributed by atoms with Gasteiger partial charge in [0, 0.05) is 43.4 Å². The molecule has 0 aliphatic carbocycles. The quantitative estimate of drug-likeness (QED) is 0.883. The lowest BCUT2D eigenvalue weighted by Crippen LogP contribution is -2.46. The summed E-state index contributed by atoms with van der Waals surface area (Å²) in [6.07, 6.45) is 4.30. The van der Waals surface area contributed by atoms with Crippen molar-refractivity contribution < 1.29 is 9.90 Å². The minimum atomic E-state index is -0.885. The molecule has 3 rings (SSSR count). The number of piperazine rings is 1. The van der Waals surface area contributed by atoms with Gasteiger partial charge in [0.1, 0.15) is 0 Å². The van der Waals surface area contributed by atoms with Crippen molar-refractivity contribution in [1.82, 2.24) is 4.90 Å². The molecule has 130 valence electrons. The van der Waals surface area contributed by atoms with Crippen LogP contribution in [0.5, 0.6) is 0 Å². The van der Waals surface area contributed by atoms with E-state index in [-0.39, 0.29) is 0 Å². The summed E-state index contributed by atoms with van der Waals surface area (Å²) in [6.45, 7) is 4.80. The first-order chi connectivity index (χ1) is 12.1. The lowest BCUT2D eigenvalue weighted by atomic mass is 10.2. The Balaban J connectivity index is 1.48. The van der Waals surface area contributed by atoms with E-state index < -0.39 is 5.97 Å². The molecule has 1 aliphatic rings. The highest BCUT2D eigenvalue weighted by Crippen LogP contribution is 2.17. The van der Waals surface area contributed by atoms with E-state index in [2.05, 4.69) is 22.0 Å². The summed E-state index contributed by atoms with van der Waals surface area (Å²) >= 11 is 5.89. The zero-order chi connectivity index (χ0) is 17.6. The average Bonchev–Trinajstić information content (AvgIpc) is 2.64. The maximum Gasteiger partial charge on any atom is 0.335 e. The van der Waals surface area contributed by atoms with Crippen molar-refractivity contribution in [2.24, 2.45) is 0 Å². The fourth-order valence-corrected chi connectivity index (χ4v) is 3.04. The van der Waals surface area contributed by atoms with Crippen LogP contribution in [-0.4, -0.2) is 48.7 Å². The molecule has 0 unspecified atom stereocenters. The van der Waals surface area contributed by atoms with E-state index in [1.54, 1.807) is 12.1 Å². The number of hydrogen-bond acceptors (Lipinski definition) is 3. The van der Waals surface area contributed by atoms with Gasteiger partial charge in [-0.3, -0.25) is 4.90 Å². The zero-order valence-electron chi connectivity index (χ0n) is 13.9. The van der Waals surface area contributed by atoms with Gasteiger partial charge in [0.25, 0.3) is 0 Å². The molecule has 0 amide bonds. The van der Waals surface area contributed by atoms with Crippen LogP contribution in [0.1, 0.15) is 15.9 Å². The molecule has 0 spiro atoms. The van der Waals surface area contributed by atoms with Crippen LogP contribution in [0.2, 0.25) is 5.02 Å². The first kappa shape index (κ1) is 17.5. The molecule has 1 heterocycles. The fraction of sp³-hybridized carbons (Fsp3) is 0.250. The van der Waals surface area contributed by atoms with Crippen LogP contribution in [0.4, 0.5) is 5.69 Å². The number of benzene rings is 2. The van der Waals surface area contributed by atoms with Gasteiger partial charge in [-0.15, -0.1) is 0 Å². The van der Waals surface area contributed by atoms with Gasteiger partial charge in [-0.2, -0.15) is 0 Å². The van der Waals surface area contributed by atoms with Gasteiger partial charge in [-0.1, -0.05) is 35.9 Å². The number of aromatic carboxylic acids is 1. The van der Waals surface area contributed by atoms with Gasteiger partial charge in [-0.05, 0) is 42.0 Å². The van der Waals surface area contributed by atoms with Crippen LogP contribution in [0.3, 0.4) is 0 Å². The average molecular weight is 357 g/mol. The first-order valence-corrected chi connectivity index (χ1v) is 8.72. The second-order valence-electron chi connectivity index (χ2n) is 6.09. The highest BCUT2D eigenvalue weighted by molar-refractivity contribution is 6.30. The monoisotopic (exact) mass is 356 g/mol. The molecule has 2 aromatic rings. The van der Waals surface area contributed by atoms with Gasteiger partial charge >= 0.3 is 5.97 Å². The Labute approximate surface area is 152 Å². The summed E-state index contributed by atoms with van der Waals surface area (Å²) < 4.78 is 0. The number of carboxylic acid groups (broad SMARTS) is 1. The number of anilines is 1. The SMILES string of the molecule is O=C(O)c1ccc(N2CCN(CC=Cc3ccc(Cl)cc3)CC2)cc1. The van der Waals surface area contributed by atoms with Gasteiger partial charge in [0.05, 0.1) is 5.56 Å². The largest absolute Gasteiger partial charge is 0.478 e. The van der Waals surface area contributed by atoms with Crippen molar-refractivity contribution in [2.45, 2.75) is 0 Å². The number of carbonyl (C=O) groups is 1. The number of rotatable bonds is 5. The maximum absolute atomic E-state index is 10.9. The molecular formula is C20H21ClN2O2. The third kappa shape index (κ3) is 4.84. The molecular weight excluding hydrogens is 336 g/mol. The Hall–Kier alpha value is -2.30. The molecule has 5 heteroatoms. The summed E-state index contributed by atoms with van der Waals surface area (Å²) in [7, 11) is 0. The molecule has 4 nitrogen and oxygen atoms in total. The summed E-state index contributed by atoms with van der Waals surface area (Å²) in [6, 6.07) is 14.9. The van der Waals surface area contributed by atoms with E-state index in [1.165, 1.54) is 0 Å². The van der Waals surface area contributed by atoms with E-state index >= 15 is 0 Å². The molecule has 1 aliphatic heterocycles. The van der Waals surface area contributed by atoms with Gasteiger partial charge in [0.2, 0.25) is 0 Å². The molecule has 2 aromatic carbocycles. The highest BCUT2D eigenvalue weighted by Gasteiger charge is 2.16. The Morgan fingerprint density at radius 3 is 2.24 bits per heavy atom. The molecule has 0 bridgehead atoms. The third-order valence-corrected chi connectivity index (χ3v) is 4.65. The maximum atomic E-state index is 10.9. The normalized spacial score (nSPS) is 15.6. The number of halogens is 1. The Morgan fingerprint density at radius 2 is 1.64 bits per heavy atom. The van der Waals surface area contributed by atoms with E-state index in [9.17, 15) is 4.79 Å². The van der Waals surface area contributed by atoms with Crippen molar-refractivity contribution in [1.29, 1.82) is 0 Å². The molecule has 0 saturated carbocycles. The number of carboxylic acids is 1. The van der Waals surface area contributed by atoms with E-state index in [4.69, 9.17) is 16.7 Å². The van der Waals surface area contributed by atoms with Crippen molar-refractivity contribution in [3.8, 4) is 0 Å². The fourth-order valence-electron chi connectivity index (χ4n) is 2.92. The van der Waals surface area contributed by atoms with Gasteiger partial charge in [0.15, 0.2) is 0 Å². The lowest BCUT2D eigenvalue weighted by Gasteiger charge is -2.35. The predicted octanol–water partition coefficient (Wildman–Crippen LogP) is 3.87. The van der Waals surface area contributed by atoms with Crippen molar-refractivity contribution >= 4 is 29.3 Å². The van der Waals surface area contributed by atoms with Gasteiger partial charge < -0.3 is 10.0 Å². The smallest absolute Gasteiger partial charge is 0.335 e. The first-order valence-electron chi connectivity index (χ1n) is 8.34. The molecule has 1 N–H and O–H groups in total. The van der Waals surface area contributed by atoms with Crippen LogP contribution in [0.15, 0.2) is 54.6 Å². The van der Waals surface area contributed by atoms with Crippen LogP contribution in [0, 0.1) is 0 Å². The van der Waals surface area contributed by atoms with E-state index in [0.29, 0.717) is 5.56 Å². The topological polar surface area (TPSA) is 43.8 Å². The number of nitrogens with zero attached hydrogens (tertiary/aromatic N) is 2.